The van der Waals surface area contributed by atoms with Crippen LogP contribution in [0, 0.1) is 10.6 Å². The minimum Gasteiger partial charge on any atom is -0.357 e. The van der Waals surface area contributed by atoms with Gasteiger partial charge in [0.05, 0.1) is 0 Å². The summed E-state index contributed by atoms with van der Waals surface area (Å²) in [6.45, 7) is 6.35. The van der Waals surface area contributed by atoms with E-state index in [1.54, 1.807) is 0 Å². The molecular formula is C12H19IN3O. The molecule has 0 saturated carbocycles. The summed E-state index contributed by atoms with van der Waals surface area (Å²) in [4.78, 5) is 0. The zero-order chi connectivity index (χ0) is 12.1. The number of rotatable bonds is 5. The first-order valence-electron chi connectivity index (χ1n) is 6.16. The number of hydrogen-bond donors (Lipinski definition) is 1. The van der Waals surface area contributed by atoms with Gasteiger partial charge in [-0.05, 0) is 68.3 Å². The largest absolute Gasteiger partial charge is 0.357 e. The summed E-state index contributed by atoms with van der Waals surface area (Å²) >= 11 is 2.30. The molecule has 95 valence electrons. The van der Waals surface area contributed by atoms with Crippen LogP contribution in [0.25, 0.3) is 0 Å². The monoisotopic (exact) mass is 348 g/mol. The molecule has 1 N–H and O–H groups in total. The highest BCUT2D eigenvalue weighted by molar-refractivity contribution is 14.1. The molecular weight excluding hydrogens is 329 g/mol. The standard InChI is InChI=1S/C12H19IN3O/c1-2-14-7-6-10-9-16(15-12(10)13)11-5-3-4-8-17-11/h9,11,14H,1-8H2. The van der Waals surface area contributed by atoms with Crippen LogP contribution in [0.1, 0.15) is 31.1 Å². The molecule has 0 aliphatic carbocycles. The molecule has 0 spiro atoms. The average molecular weight is 348 g/mol. The highest BCUT2D eigenvalue weighted by Gasteiger charge is 2.18. The Morgan fingerprint density at radius 3 is 3.18 bits per heavy atom. The zero-order valence-electron chi connectivity index (χ0n) is 9.99. The molecule has 0 bridgehead atoms. The Balaban J connectivity index is 1.96. The van der Waals surface area contributed by atoms with Crippen molar-refractivity contribution in [3.8, 4) is 0 Å². The maximum Gasteiger partial charge on any atom is 0.150 e. The summed E-state index contributed by atoms with van der Waals surface area (Å²) < 4.78 is 8.80. The van der Waals surface area contributed by atoms with E-state index >= 15 is 0 Å². The van der Waals surface area contributed by atoms with Crippen molar-refractivity contribution in [1.29, 1.82) is 0 Å². The van der Waals surface area contributed by atoms with Crippen molar-refractivity contribution in [2.45, 2.75) is 31.9 Å². The van der Waals surface area contributed by atoms with Crippen molar-refractivity contribution in [1.82, 2.24) is 15.1 Å². The second kappa shape index (κ2) is 6.70. The van der Waals surface area contributed by atoms with E-state index in [-0.39, 0.29) is 6.23 Å². The molecule has 1 aromatic rings. The molecule has 1 aliphatic heterocycles. The van der Waals surface area contributed by atoms with E-state index in [9.17, 15) is 0 Å². The maximum absolute atomic E-state index is 5.73. The summed E-state index contributed by atoms with van der Waals surface area (Å²) in [6, 6.07) is 0. The summed E-state index contributed by atoms with van der Waals surface area (Å²) in [5.74, 6) is 0. The molecule has 1 saturated heterocycles. The second-order valence-corrected chi connectivity index (χ2v) is 5.27. The number of nitrogens with one attached hydrogen (secondary N) is 1. The normalized spacial score (nSPS) is 20.7. The van der Waals surface area contributed by atoms with Gasteiger partial charge in [0.25, 0.3) is 0 Å². The third kappa shape index (κ3) is 3.66. The molecule has 0 aromatic carbocycles. The van der Waals surface area contributed by atoms with Crippen LogP contribution in [-0.4, -0.2) is 29.5 Å². The Morgan fingerprint density at radius 1 is 1.59 bits per heavy atom. The van der Waals surface area contributed by atoms with E-state index in [1.807, 2.05) is 4.68 Å². The van der Waals surface area contributed by atoms with E-state index in [2.05, 4.69) is 46.1 Å². The van der Waals surface area contributed by atoms with E-state index in [4.69, 9.17) is 4.74 Å². The number of halogens is 1. The van der Waals surface area contributed by atoms with Crippen LogP contribution in [0.3, 0.4) is 0 Å². The van der Waals surface area contributed by atoms with Crippen molar-refractivity contribution < 1.29 is 4.74 Å². The van der Waals surface area contributed by atoms with Gasteiger partial charge in [-0.2, -0.15) is 5.10 Å². The first-order valence-corrected chi connectivity index (χ1v) is 7.24. The number of aromatic nitrogens is 2. The van der Waals surface area contributed by atoms with Gasteiger partial charge in [-0.1, -0.05) is 0 Å². The summed E-state index contributed by atoms with van der Waals surface area (Å²) in [6.07, 6.45) is 6.76. The Labute approximate surface area is 116 Å². The van der Waals surface area contributed by atoms with Gasteiger partial charge in [0.1, 0.15) is 9.93 Å². The van der Waals surface area contributed by atoms with Crippen LogP contribution in [0.15, 0.2) is 6.20 Å². The minimum absolute atomic E-state index is 0.145. The molecule has 17 heavy (non-hydrogen) atoms. The average Bonchev–Trinajstić information content (AvgIpc) is 2.73. The fourth-order valence-corrected chi connectivity index (χ4v) is 2.66. The predicted octanol–water partition coefficient (Wildman–Crippen LogP) is 2.15. The van der Waals surface area contributed by atoms with Crippen LogP contribution in [-0.2, 0) is 11.2 Å². The Bertz CT molecular complexity index is 348. The van der Waals surface area contributed by atoms with Crippen molar-refractivity contribution in [2.75, 3.05) is 19.7 Å². The van der Waals surface area contributed by atoms with E-state index in [0.29, 0.717) is 0 Å². The molecule has 4 nitrogen and oxygen atoms in total. The molecule has 1 fully saturated rings. The van der Waals surface area contributed by atoms with Crippen LogP contribution in [0.5, 0.6) is 0 Å². The van der Waals surface area contributed by atoms with Gasteiger partial charge in [0.15, 0.2) is 0 Å². The summed E-state index contributed by atoms with van der Waals surface area (Å²) in [7, 11) is 0. The van der Waals surface area contributed by atoms with Gasteiger partial charge in [-0.3, -0.25) is 0 Å². The third-order valence-electron chi connectivity index (χ3n) is 2.95. The lowest BCUT2D eigenvalue weighted by Crippen LogP contribution is -2.18. The first-order chi connectivity index (χ1) is 8.31. The lowest BCUT2D eigenvalue weighted by atomic mass is 10.2. The number of nitrogens with zero attached hydrogens (tertiary/aromatic N) is 2. The fourth-order valence-electron chi connectivity index (χ4n) is 2.00. The predicted molar refractivity (Wildman–Crippen MR) is 75.7 cm³/mol. The van der Waals surface area contributed by atoms with Crippen LogP contribution < -0.4 is 5.32 Å². The topological polar surface area (TPSA) is 39.1 Å². The van der Waals surface area contributed by atoms with Crippen molar-refractivity contribution in [2.24, 2.45) is 0 Å². The molecule has 1 unspecified atom stereocenters. The van der Waals surface area contributed by atoms with Gasteiger partial charge >= 0.3 is 0 Å². The maximum atomic E-state index is 5.73. The van der Waals surface area contributed by atoms with Crippen molar-refractivity contribution >= 4 is 22.6 Å². The third-order valence-corrected chi connectivity index (χ3v) is 3.86. The molecule has 1 radical (unpaired) electrons. The molecule has 2 heterocycles. The quantitative estimate of drug-likeness (QED) is 0.655. The Morgan fingerprint density at radius 2 is 2.47 bits per heavy atom. The smallest absolute Gasteiger partial charge is 0.150 e. The fraction of sp³-hybridized carbons (Fsp3) is 0.667. The lowest BCUT2D eigenvalue weighted by Gasteiger charge is -2.22. The molecule has 1 atom stereocenters. The summed E-state index contributed by atoms with van der Waals surface area (Å²) in [5.41, 5.74) is 1.29. The Hall–Kier alpha value is -0.140. The molecule has 1 aliphatic rings. The molecule has 0 amide bonds. The van der Waals surface area contributed by atoms with Gasteiger partial charge in [-0.25, -0.2) is 4.68 Å². The number of ether oxygens (including phenoxy) is 1. The van der Waals surface area contributed by atoms with E-state index in [0.717, 1.165) is 36.2 Å². The second-order valence-electron chi connectivity index (χ2n) is 4.25. The number of hydrogen-bond acceptors (Lipinski definition) is 3. The van der Waals surface area contributed by atoms with Crippen LogP contribution in [0.4, 0.5) is 0 Å². The molecule has 2 rings (SSSR count). The molecule has 1 aromatic heterocycles. The highest BCUT2D eigenvalue weighted by atomic mass is 127. The lowest BCUT2D eigenvalue weighted by molar-refractivity contribution is -0.0397. The highest BCUT2D eigenvalue weighted by Crippen LogP contribution is 2.23. The van der Waals surface area contributed by atoms with Crippen LogP contribution >= 0.6 is 22.6 Å². The SMILES string of the molecule is [CH2]CNCCc1cn(C2CCCCO2)nc1I. The van der Waals surface area contributed by atoms with Gasteiger partial charge < -0.3 is 10.1 Å². The Kier molecular flexibility index (Phi) is 5.24. The van der Waals surface area contributed by atoms with Crippen LogP contribution in [0.2, 0.25) is 0 Å². The minimum atomic E-state index is 0.145. The van der Waals surface area contributed by atoms with Crippen molar-refractivity contribution in [3.05, 3.63) is 22.4 Å². The van der Waals surface area contributed by atoms with Crippen molar-refractivity contribution in [3.63, 3.8) is 0 Å². The van der Waals surface area contributed by atoms with Gasteiger partial charge in [0, 0.05) is 18.4 Å². The first kappa shape index (κ1) is 13.3. The summed E-state index contributed by atoms with van der Waals surface area (Å²) in [5, 5.41) is 7.78. The van der Waals surface area contributed by atoms with E-state index < -0.39 is 0 Å². The van der Waals surface area contributed by atoms with E-state index in [1.165, 1.54) is 18.4 Å². The van der Waals surface area contributed by atoms with Gasteiger partial charge in [-0.15, -0.1) is 0 Å². The van der Waals surface area contributed by atoms with Gasteiger partial charge in [0.2, 0.25) is 0 Å². The zero-order valence-corrected chi connectivity index (χ0v) is 12.1. The molecule has 5 heteroatoms.